The van der Waals surface area contributed by atoms with Crippen molar-refractivity contribution < 1.29 is 4.74 Å². The molecule has 2 N–H and O–H groups in total. The number of rotatable bonds is 5. The molecule has 0 atom stereocenters. The largest absolute Gasteiger partial charge is 0.494 e. The first-order valence-corrected chi connectivity index (χ1v) is 7.37. The van der Waals surface area contributed by atoms with Gasteiger partial charge in [-0.05, 0) is 37.3 Å². The average molecular weight is 302 g/mol. The highest BCUT2D eigenvalue weighted by molar-refractivity contribution is 6.17. The van der Waals surface area contributed by atoms with Crippen molar-refractivity contribution in [2.45, 2.75) is 12.8 Å². The normalized spacial score (nSPS) is 10.8. The fourth-order valence-corrected chi connectivity index (χ4v) is 2.42. The van der Waals surface area contributed by atoms with Crippen molar-refractivity contribution in [3.8, 4) is 5.75 Å². The van der Waals surface area contributed by atoms with Gasteiger partial charge < -0.3 is 15.0 Å². The van der Waals surface area contributed by atoms with Crippen LogP contribution < -0.4 is 10.1 Å². The van der Waals surface area contributed by atoms with Gasteiger partial charge in [-0.25, -0.2) is 4.98 Å². The van der Waals surface area contributed by atoms with Crippen molar-refractivity contribution >= 4 is 34.3 Å². The lowest BCUT2D eigenvalue weighted by atomic mass is 10.2. The molecule has 21 heavy (non-hydrogen) atoms. The number of anilines is 2. The maximum Gasteiger partial charge on any atom is 0.205 e. The Hall–Kier alpha value is -2.20. The maximum absolute atomic E-state index is 5.98. The zero-order chi connectivity index (χ0) is 14.7. The molecule has 0 fully saturated rings. The van der Waals surface area contributed by atoms with E-state index in [1.165, 1.54) is 0 Å². The predicted molar refractivity (Wildman–Crippen MR) is 86.5 cm³/mol. The number of benzene rings is 2. The van der Waals surface area contributed by atoms with Gasteiger partial charge in [0.1, 0.15) is 5.75 Å². The lowest BCUT2D eigenvalue weighted by molar-refractivity contribution is 0.337. The van der Waals surface area contributed by atoms with E-state index in [-0.39, 0.29) is 0 Å². The van der Waals surface area contributed by atoms with Crippen molar-refractivity contribution in [3.63, 3.8) is 0 Å². The number of nitrogens with one attached hydrogen (secondary N) is 2. The van der Waals surface area contributed by atoms with Gasteiger partial charge in [0.2, 0.25) is 5.95 Å². The van der Waals surface area contributed by atoms with E-state index >= 15 is 0 Å². The number of para-hydroxylation sites is 2. The molecular weight excluding hydrogens is 286 g/mol. The molecule has 0 saturated carbocycles. The first kappa shape index (κ1) is 13.8. The van der Waals surface area contributed by atoms with E-state index in [0.717, 1.165) is 28.0 Å². The van der Waals surface area contributed by atoms with Crippen LogP contribution >= 0.6 is 11.6 Å². The molecule has 0 amide bonds. The van der Waals surface area contributed by atoms with Crippen molar-refractivity contribution in [1.29, 1.82) is 0 Å². The highest BCUT2D eigenvalue weighted by Crippen LogP contribution is 2.26. The molecule has 3 rings (SSSR count). The van der Waals surface area contributed by atoms with Gasteiger partial charge in [-0.2, -0.15) is 0 Å². The molecule has 0 bridgehead atoms. The molecule has 0 aliphatic rings. The Balaban J connectivity index is 1.86. The van der Waals surface area contributed by atoms with Crippen LogP contribution in [0, 0.1) is 0 Å². The molecule has 0 aliphatic heterocycles. The van der Waals surface area contributed by atoms with Crippen LogP contribution in [0.4, 0.5) is 11.6 Å². The number of imidazole rings is 1. The van der Waals surface area contributed by atoms with E-state index in [0.29, 0.717) is 18.4 Å². The van der Waals surface area contributed by atoms with Gasteiger partial charge >= 0.3 is 0 Å². The zero-order valence-electron chi connectivity index (χ0n) is 11.7. The van der Waals surface area contributed by atoms with Gasteiger partial charge in [0, 0.05) is 11.3 Å². The highest BCUT2D eigenvalue weighted by Gasteiger charge is 2.06. The molecule has 4 nitrogen and oxygen atoms in total. The van der Waals surface area contributed by atoms with Gasteiger partial charge in [0.05, 0.1) is 23.5 Å². The molecule has 1 aromatic heterocycles. The van der Waals surface area contributed by atoms with Gasteiger partial charge in [0.25, 0.3) is 0 Å². The van der Waals surface area contributed by atoms with Crippen LogP contribution in [0.2, 0.25) is 0 Å². The lowest BCUT2D eigenvalue weighted by Crippen LogP contribution is -1.98. The van der Waals surface area contributed by atoms with E-state index in [9.17, 15) is 0 Å². The third-order valence-electron chi connectivity index (χ3n) is 3.16. The van der Waals surface area contributed by atoms with Crippen LogP contribution in [-0.2, 0) is 5.88 Å². The molecular formula is C16H16ClN3O. The summed E-state index contributed by atoms with van der Waals surface area (Å²) in [5.74, 6) is 1.94. The fraction of sp³-hybridized carbons (Fsp3) is 0.188. The van der Waals surface area contributed by atoms with E-state index in [2.05, 4.69) is 15.3 Å². The lowest BCUT2D eigenvalue weighted by Gasteiger charge is -2.10. The Kier molecular flexibility index (Phi) is 3.97. The van der Waals surface area contributed by atoms with Crippen LogP contribution in [0.5, 0.6) is 5.75 Å². The summed E-state index contributed by atoms with van der Waals surface area (Å²) in [5.41, 5.74) is 3.82. The molecule has 0 radical (unpaired) electrons. The van der Waals surface area contributed by atoms with Crippen LogP contribution in [0.25, 0.3) is 11.0 Å². The van der Waals surface area contributed by atoms with Crippen LogP contribution in [-0.4, -0.2) is 16.6 Å². The molecule has 2 aromatic carbocycles. The van der Waals surface area contributed by atoms with Crippen LogP contribution in [0.3, 0.4) is 0 Å². The minimum atomic E-state index is 0.408. The van der Waals surface area contributed by atoms with E-state index in [4.69, 9.17) is 16.3 Å². The van der Waals surface area contributed by atoms with Gasteiger partial charge in [-0.15, -0.1) is 11.6 Å². The number of nitrogens with zero attached hydrogens (tertiary/aromatic N) is 1. The smallest absolute Gasteiger partial charge is 0.205 e. The standard InChI is InChI=1S/C16H16ClN3O/c1-2-21-15-8-7-12(9-11(15)10-17)18-16-19-13-5-3-4-6-14(13)20-16/h3-9H,2,10H2,1H3,(H2,18,19,20). The number of hydrogen-bond donors (Lipinski definition) is 2. The summed E-state index contributed by atoms with van der Waals surface area (Å²) in [4.78, 5) is 7.73. The highest BCUT2D eigenvalue weighted by atomic mass is 35.5. The number of alkyl halides is 1. The number of H-pyrrole nitrogens is 1. The molecule has 3 aromatic rings. The van der Waals surface area contributed by atoms with Crippen molar-refractivity contribution in [2.24, 2.45) is 0 Å². The minimum Gasteiger partial charge on any atom is -0.494 e. The Bertz CT molecular complexity index is 721. The first-order valence-electron chi connectivity index (χ1n) is 6.83. The van der Waals surface area contributed by atoms with Crippen molar-refractivity contribution in [2.75, 3.05) is 11.9 Å². The number of hydrogen-bond acceptors (Lipinski definition) is 3. The summed E-state index contributed by atoms with van der Waals surface area (Å²) < 4.78 is 5.55. The molecule has 0 aliphatic carbocycles. The molecule has 5 heteroatoms. The number of aromatic nitrogens is 2. The Morgan fingerprint density at radius 1 is 1.24 bits per heavy atom. The second-order valence-electron chi connectivity index (χ2n) is 4.62. The average Bonchev–Trinajstić information content (AvgIpc) is 2.91. The number of aromatic amines is 1. The Morgan fingerprint density at radius 3 is 2.86 bits per heavy atom. The summed E-state index contributed by atoms with van der Waals surface area (Å²) in [7, 11) is 0. The third kappa shape index (κ3) is 2.95. The molecule has 0 saturated heterocycles. The van der Waals surface area contributed by atoms with Crippen LogP contribution in [0.15, 0.2) is 42.5 Å². The first-order chi connectivity index (χ1) is 10.3. The quantitative estimate of drug-likeness (QED) is 0.685. The predicted octanol–water partition coefficient (Wildman–Crippen LogP) is 4.44. The molecule has 1 heterocycles. The monoisotopic (exact) mass is 301 g/mol. The van der Waals surface area contributed by atoms with Gasteiger partial charge in [-0.1, -0.05) is 12.1 Å². The molecule has 108 valence electrons. The number of fused-ring (bicyclic) bond motifs is 1. The van der Waals surface area contributed by atoms with E-state index in [1.54, 1.807) is 0 Å². The summed E-state index contributed by atoms with van der Waals surface area (Å²) >= 11 is 5.98. The SMILES string of the molecule is CCOc1ccc(Nc2nc3ccccc3[nH]2)cc1CCl. The van der Waals surface area contributed by atoms with E-state index < -0.39 is 0 Å². The Labute approximate surface area is 128 Å². The summed E-state index contributed by atoms with van der Waals surface area (Å²) in [6, 6.07) is 13.8. The second kappa shape index (κ2) is 6.06. The molecule has 0 spiro atoms. The van der Waals surface area contributed by atoms with Crippen molar-refractivity contribution in [3.05, 3.63) is 48.0 Å². The Morgan fingerprint density at radius 2 is 2.10 bits per heavy atom. The summed E-state index contributed by atoms with van der Waals surface area (Å²) in [5, 5.41) is 3.26. The third-order valence-corrected chi connectivity index (χ3v) is 3.44. The van der Waals surface area contributed by atoms with Gasteiger partial charge in [0.15, 0.2) is 0 Å². The number of ether oxygens (including phenoxy) is 1. The van der Waals surface area contributed by atoms with E-state index in [1.807, 2.05) is 49.4 Å². The van der Waals surface area contributed by atoms with Crippen molar-refractivity contribution in [1.82, 2.24) is 9.97 Å². The second-order valence-corrected chi connectivity index (χ2v) is 4.88. The zero-order valence-corrected chi connectivity index (χ0v) is 12.4. The summed E-state index contributed by atoms with van der Waals surface area (Å²) in [6.07, 6.45) is 0. The van der Waals surface area contributed by atoms with Gasteiger partial charge in [-0.3, -0.25) is 0 Å². The minimum absolute atomic E-state index is 0.408. The maximum atomic E-state index is 5.98. The topological polar surface area (TPSA) is 49.9 Å². The van der Waals surface area contributed by atoms with Crippen LogP contribution in [0.1, 0.15) is 12.5 Å². The fourth-order valence-electron chi connectivity index (χ4n) is 2.21. The summed E-state index contributed by atoms with van der Waals surface area (Å²) in [6.45, 7) is 2.58. The number of halogens is 1. The molecule has 0 unspecified atom stereocenters.